The van der Waals surface area contributed by atoms with Gasteiger partial charge in [0.1, 0.15) is 5.75 Å². The maximum absolute atomic E-state index is 12.3. The lowest BCUT2D eigenvalue weighted by Crippen LogP contribution is -2.35. The van der Waals surface area contributed by atoms with E-state index in [0.29, 0.717) is 30.2 Å². The molecular formula is C29H43N3O3. The number of hydrogen-bond acceptors (Lipinski definition) is 4. The zero-order chi connectivity index (χ0) is 24.4. The lowest BCUT2D eigenvalue weighted by Gasteiger charge is -2.35. The molecule has 0 radical (unpaired) electrons. The number of carbonyl (C=O) groups excluding carboxylic acids is 2. The minimum Gasteiger partial charge on any atom is -0.493 e. The molecule has 1 aromatic carbocycles. The zero-order valence-corrected chi connectivity index (χ0v) is 21.7. The number of likely N-dealkylation sites (tertiary alicyclic amines) is 1. The van der Waals surface area contributed by atoms with Gasteiger partial charge in [-0.3, -0.25) is 9.59 Å². The average Bonchev–Trinajstić information content (AvgIpc) is 3.27. The summed E-state index contributed by atoms with van der Waals surface area (Å²) in [5.74, 6) is 2.72. The maximum atomic E-state index is 12.3. The third kappa shape index (κ3) is 5.68. The molecule has 1 spiro atoms. The van der Waals surface area contributed by atoms with E-state index in [1.54, 1.807) is 24.6 Å². The number of nitrogens with one attached hydrogen (secondary N) is 1. The Morgan fingerprint density at radius 1 is 1.11 bits per heavy atom. The van der Waals surface area contributed by atoms with Crippen LogP contribution in [0.1, 0.15) is 81.3 Å². The number of benzene rings is 1. The third-order valence-electron chi connectivity index (χ3n) is 9.35. The summed E-state index contributed by atoms with van der Waals surface area (Å²) in [7, 11) is 3.48. The second-order valence-electron chi connectivity index (χ2n) is 11.7. The Labute approximate surface area is 210 Å². The molecule has 35 heavy (non-hydrogen) atoms. The Balaban J connectivity index is 0.986. The van der Waals surface area contributed by atoms with Gasteiger partial charge in [0.05, 0.1) is 6.61 Å². The van der Waals surface area contributed by atoms with Crippen molar-refractivity contribution in [3.8, 4) is 5.75 Å². The molecule has 1 aromatic rings. The van der Waals surface area contributed by atoms with Crippen LogP contribution in [-0.4, -0.2) is 68.0 Å². The summed E-state index contributed by atoms with van der Waals surface area (Å²) < 4.78 is 5.78. The van der Waals surface area contributed by atoms with E-state index in [1.165, 1.54) is 70.1 Å². The molecule has 2 saturated carbocycles. The smallest absolute Gasteiger partial charge is 0.222 e. The standard InChI is InChI=1S/C29H43N3O3/c1-31(2)28(34)7-6-27(33)30-26-20-29(26)14-8-21(9-15-29)10-16-32-17-11-22(12-18-32)23-4-3-5-25-24(23)13-19-35-25/h3-5,21-22,26H,6-20H2,1-2H3,(H,30,33)/t21?,26-,29?/m0/s1. The molecule has 192 valence electrons. The fourth-order valence-corrected chi connectivity index (χ4v) is 6.82. The first-order chi connectivity index (χ1) is 16.9. The highest BCUT2D eigenvalue weighted by atomic mass is 16.5. The Kier molecular flexibility index (Phi) is 7.38. The molecular weight excluding hydrogens is 438 g/mol. The van der Waals surface area contributed by atoms with E-state index in [0.717, 1.165) is 31.1 Å². The molecule has 3 fully saturated rings. The van der Waals surface area contributed by atoms with Gasteiger partial charge < -0.3 is 19.9 Å². The SMILES string of the molecule is CN(C)C(=O)CCC(=O)N[C@H]1CC12CCC(CCN1CCC(c3cccc4c3CCO4)CC1)CC2. The number of fused-ring (bicyclic) bond motifs is 1. The van der Waals surface area contributed by atoms with Crippen LogP contribution in [0.15, 0.2) is 18.2 Å². The maximum Gasteiger partial charge on any atom is 0.222 e. The van der Waals surface area contributed by atoms with Crippen LogP contribution in [0.3, 0.4) is 0 Å². The molecule has 1 saturated heterocycles. The van der Waals surface area contributed by atoms with Crippen LogP contribution >= 0.6 is 0 Å². The van der Waals surface area contributed by atoms with Crippen molar-refractivity contribution in [1.29, 1.82) is 0 Å². The van der Waals surface area contributed by atoms with Crippen molar-refractivity contribution in [2.24, 2.45) is 11.3 Å². The number of ether oxygens (including phenoxy) is 1. The predicted octanol–water partition coefficient (Wildman–Crippen LogP) is 4.12. The van der Waals surface area contributed by atoms with Crippen LogP contribution < -0.4 is 10.1 Å². The number of hydrogen-bond donors (Lipinski definition) is 1. The van der Waals surface area contributed by atoms with Crippen LogP contribution in [0, 0.1) is 11.3 Å². The third-order valence-corrected chi connectivity index (χ3v) is 9.35. The normalized spacial score (nSPS) is 28.4. The van der Waals surface area contributed by atoms with Gasteiger partial charge in [-0.15, -0.1) is 0 Å². The summed E-state index contributed by atoms with van der Waals surface area (Å²) >= 11 is 0. The van der Waals surface area contributed by atoms with Crippen LogP contribution in [0.2, 0.25) is 0 Å². The van der Waals surface area contributed by atoms with Gasteiger partial charge >= 0.3 is 0 Å². The molecule has 2 aliphatic heterocycles. The molecule has 0 unspecified atom stereocenters. The molecule has 1 atom stereocenters. The number of rotatable bonds is 8. The highest BCUT2D eigenvalue weighted by Crippen LogP contribution is 2.57. The summed E-state index contributed by atoms with van der Waals surface area (Å²) in [4.78, 5) is 28.2. The molecule has 0 aromatic heterocycles. The van der Waals surface area contributed by atoms with Gasteiger partial charge in [0.2, 0.25) is 11.8 Å². The summed E-state index contributed by atoms with van der Waals surface area (Å²) in [6.45, 7) is 4.52. The van der Waals surface area contributed by atoms with E-state index >= 15 is 0 Å². The monoisotopic (exact) mass is 481 g/mol. The van der Waals surface area contributed by atoms with Gasteiger partial charge in [0.25, 0.3) is 0 Å². The second kappa shape index (κ2) is 10.5. The van der Waals surface area contributed by atoms with Gasteiger partial charge in [-0.2, -0.15) is 0 Å². The first-order valence-corrected chi connectivity index (χ1v) is 13.9. The number of amides is 2. The quantitative estimate of drug-likeness (QED) is 0.607. The molecule has 2 heterocycles. The van der Waals surface area contributed by atoms with Gasteiger partial charge in [-0.25, -0.2) is 0 Å². The molecule has 2 aliphatic carbocycles. The largest absolute Gasteiger partial charge is 0.493 e. The lowest BCUT2D eigenvalue weighted by molar-refractivity contribution is -0.131. The first-order valence-electron chi connectivity index (χ1n) is 13.9. The topological polar surface area (TPSA) is 61.9 Å². The van der Waals surface area contributed by atoms with Gasteiger partial charge in [0, 0.05) is 45.0 Å². The summed E-state index contributed by atoms with van der Waals surface area (Å²) in [6.07, 6.45) is 11.8. The van der Waals surface area contributed by atoms with E-state index in [1.807, 2.05) is 0 Å². The van der Waals surface area contributed by atoms with Crippen LogP contribution in [0.25, 0.3) is 0 Å². The van der Waals surface area contributed by atoms with Crippen LogP contribution in [0.5, 0.6) is 5.75 Å². The number of nitrogens with zero attached hydrogens (tertiary/aromatic N) is 2. The van der Waals surface area contributed by atoms with Gasteiger partial charge in [0.15, 0.2) is 0 Å². The van der Waals surface area contributed by atoms with Crippen molar-refractivity contribution in [3.63, 3.8) is 0 Å². The molecule has 0 bridgehead atoms. The van der Waals surface area contributed by atoms with Crippen molar-refractivity contribution < 1.29 is 14.3 Å². The molecule has 6 nitrogen and oxygen atoms in total. The van der Waals surface area contributed by atoms with Crippen molar-refractivity contribution in [2.75, 3.05) is 40.3 Å². The minimum atomic E-state index is 0.0218. The zero-order valence-electron chi connectivity index (χ0n) is 21.7. The lowest BCUT2D eigenvalue weighted by atomic mass is 9.77. The van der Waals surface area contributed by atoms with Crippen molar-refractivity contribution in [3.05, 3.63) is 29.3 Å². The van der Waals surface area contributed by atoms with Crippen molar-refractivity contribution in [1.82, 2.24) is 15.1 Å². The molecule has 6 heteroatoms. The van der Waals surface area contributed by atoms with E-state index in [2.05, 4.69) is 28.4 Å². The Morgan fingerprint density at radius 2 is 1.89 bits per heavy atom. The number of carbonyl (C=O) groups is 2. The molecule has 4 aliphatic rings. The Bertz CT molecular complexity index is 914. The van der Waals surface area contributed by atoms with Crippen LogP contribution in [0.4, 0.5) is 0 Å². The number of piperidine rings is 1. The van der Waals surface area contributed by atoms with E-state index in [9.17, 15) is 9.59 Å². The van der Waals surface area contributed by atoms with Gasteiger partial charge in [-0.05, 0) is 99.9 Å². The second-order valence-corrected chi connectivity index (χ2v) is 11.7. The first kappa shape index (κ1) is 24.6. The van der Waals surface area contributed by atoms with Crippen molar-refractivity contribution >= 4 is 11.8 Å². The molecule has 1 N–H and O–H groups in total. The van der Waals surface area contributed by atoms with E-state index in [4.69, 9.17) is 4.74 Å². The highest BCUT2D eigenvalue weighted by Gasteiger charge is 2.55. The molecule has 2 amide bonds. The summed E-state index contributed by atoms with van der Waals surface area (Å²) in [5, 5.41) is 3.21. The van der Waals surface area contributed by atoms with Crippen molar-refractivity contribution in [2.45, 2.75) is 82.6 Å². The van der Waals surface area contributed by atoms with E-state index < -0.39 is 0 Å². The highest BCUT2D eigenvalue weighted by molar-refractivity contribution is 5.83. The Hall–Kier alpha value is -2.08. The Morgan fingerprint density at radius 3 is 2.63 bits per heavy atom. The average molecular weight is 482 g/mol. The predicted molar refractivity (Wildman–Crippen MR) is 138 cm³/mol. The molecule has 5 rings (SSSR count). The van der Waals surface area contributed by atoms with Gasteiger partial charge in [-0.1, -0.05) is 12.1 Å². The fourth-order valence-electron chi connectivity index (χ4n) is 6.82. The minimum absolute atomic E-state index is 0.0218. The fraction of sp³-hybridized carbons (Fsp3) is 0.724. The van der Waals surface area contributed by atoms with Crippen LogP contribution in [-0.2, 0) is 16.0 Å². The van der Waals surface area contributed by atoms with E-state index in [-0.39, 0.29) is 11.8 Å². The summed E-state index contributed by atoms with van der Waals surface area (Å²) in [5.41, 5.74) is 3.38. The summed E-state index contributed by atoms with van der Waals surface area (Å²) in [6, 6.07) is 6.97.